The Balaban J connectivity index is 1.30. The molecule has 0 spiro atoms. The molecule has 8 nitrogen and oxygen atoms in total. The van der Waals surface area contributed by atoms with Gasteiger partial charge in [-0.25, -0.2) is 0 Å². The van der Waals surface area contributed by atoms with Gasteiger partial charge in [-0.2, -0.15) is 0 Å². The summed E-state index contributed by atoms with van der Waals surface area (Å²) in [5, 5.41) is 15.5. The molecule has 0 aliphatic carbocycles. The van der Waals surface area contributed by atoms with Crippen LogP contribution in [0.3, 0.4) is 0 Å². The fraction of sp³-hybridized carbons (Fsp3) is 0.217. The van der Waals surface area contributed by atoms with Gasteiger partial charge in [0.05, 0.1) is 6.61 Å². The Morgan fingerprint density at radius 2 is 1.91 bits per heavy atom. The van der Waals surface area contributed by atoms with Crippen molar-refractivity contribution in [1.29, 1.82) is 0 Å². The van der Waals surface area contributed by atoms with E-state index >= 15 is 0 Å². The number of aromatic nitrogens is 3. The number of carbonyl (C=O) groups is 2. The van der Waals surface area contributed by atoms with Gasteiger partial charge in [-0.15, -0.1) is 10.2 Å². The van der Waals surface area contributed by atoms with Crippen LogP contribution in [0.15, 0.2) is 48.7 Å². The molecule has 0 saturated heterocycles. The maximum atomic E-state index is 12.5. The second kappa shape index (κ2) is 9.71. The molecule has 32 heavy (non-hydrogen) atoms. The van der Waals surface area contributed by atoms with Crippen molar-refractivity contribution in [2.45, 2.75) is 20.0 Å². The lowest BCUT2D eigenvalue weighted by Gasteiger charge is -2.07. The number of benzene rings is 2. The number of fused-ring (bicyclic) bond motifs is 1. The van der Waals surface area contributed by atoms with E-state index in [0.29, 0.717) is 29.4 Å². The van der Waals surface area contributed by atoms with E-state index in [1.54, 1.807) is 31.4 Å². The Labute approximate surface area is 189 Å². The smallest absolute Gasteiger partial charge is 0.286 e. The van der Waals surface area contributed by atoms with Gasteiger partial charge in [0.15, 0.2) is 0 Å². The molecule has 2 heterocycles. The Hall–Kier alpha value is -3.56. The number of rotatable bonds is 8. The van der Waals surface area contributed by atoms with Crippen molar-refractivity contribution in [2.75, 3.05) is 19.0 Å². The summed E-state index contributed by atoms with van der Waals surface area (Å²) >= 11 is 1.18. The molecule has 4 aromatic rings. The topological polar surface area (TPSA) is 109 Å². The van der Waals surface area contributed by atoms with Crippen molar-refractivity contribution in [1.82, 2.24) is 20.5 Å². The van der Waals surface area contributed by atoms with Crippen LogP contribution in [0.5, 0.6) is 0 Å². The Morgan fingerprint density at radius 3 is 2.69 bits per heavy atom. The molecule has 2 aromatic heterocycles. The third-order valence-electron chi connectivity index (χ3n) is 4.94. The SMILES string of the molecule is COCc1nnc(C(=O)Nc2ccc(C(=O)NCCc3c[nH]c4ccc(C)cc34)cc2)s1. The number of H-pyrrole nitrogens is 1. The number of ether oxygens (including phenoxy) is 1. The summed E-state index contributed by atoms with van der Waals surface area (Å²) < 4.78 is 4.98. The Kier molecular flexibility index (Phi) is 6.58. The molecule has 0 unspecified atom stereocenters. The van der Waals surface area contributed by atoms with E-state index in [9.17, 15) is 9.59 Å². The highest BCUT2D eigenvalue weighted by Gasteiger charge is 2.13. The average molecular weight is 450 g/mol. The lowest BCUT2D eigenvalue weighted by Crippen LogP contribution is -2.25. The van der Waals surface area contributed by atoms with E-state index in [2.05, 4.69) is 50.9 Å². The number of nitrogens with zero attached hydrogens (tertiary/aromatic N) is 2. The minimum absolute atomic E-state index is 0.160. The zero-order chi connectivity index (χ0) is 22.5. The van der Waals surface area contributed by atoms with Crippen LogP contribution in [-0.4, -0.2) is 40.7 Å². The normalized spacial score (nSPS) is 10.9. The standard InChI is InChI=1S/C23H23N5O3S/c1-14-3-8-19-18(11-14)16(12-25-19)9-10-24-21(29)15-4-6-17(7-5-15)26-22(30)23-28-27-20(32-23)13-31-2/h3-8,11-12,25H,9-10,13H2,1-2H3,(H,24,29)(H,26,30). The van der Waals surface area contributed by atoms with E-state index in [-0.39, 0.29) is 16.8 Å². The lowest BCUT2D eigenvalue weighted by atomic mass is 10.1. The number of nitrogens with one attached hydrogen (secondary N) is 3. The molecule has 164 valence electrons. The van der Waals surface area contributed by atoms with Crippen LogP contribution in [0, 0.1) is 6.92 Å². The molecule has 2 amide bonds. The van der Waals surface area contributed by atoms with Crippen molar-refractivity contribution in [3.05, 3.63) is 75.4 Å². The number of amides is 2. The summed E-state index contributed by atoms with van der Waals surface area (Å²) in [6, 6.07) is 13.0. The van der Waals surface area contributed by atoms with E-state index in [1.165, 1.54) is 27.8 Å². The molecule has 9 heteroatoms. The van der Waals surface area contributed by atoms with Crippen molar-refractivity contribution in [3.63, 3.8) is 0 Å². The molecular weight excluding hydrogens is 426 g/mol. The molecule has 0 saturated carbocycles. The first-order chi connectivity index (χ1) is 15.5. The Morgan fingerprint density at radius 1 is 1.09 bits per heavy atom. The monoisotopic (exact) mass is 449 g/mol. The maximum absolute atomic E-state index is 12.5. The Bertz CT molecular complexity index is 1250. The van der Waals surface area contributed by atoms with E-state index < -0.39 is 0 Å². The lowest BCUT2D eigenvalue weighted by molar-refractivity contribution is 0.0953. The number of methoxy groups -OCH3 is 1. The van der Waals surface area contributed by atoms with E-state index in [1.807, 2.05) is 6.20 Å². The highest BCUT2D eigenvalue weighted by Crippen LogP contribution is 2.20. The predicted molar refractivity (Wildman–Crippen MR) is 124 cm³/mol. The largest absolute Gasteiger partial charge is 0.377 e. The molecule has 0 fully saturated rings. The van der Waals surface area contributed by atoms with Crippen LogP contribution in [0.4, 0.5) is 5.69 Å². The molecule has 0 radical (unpaired) electrons. The fourth-order valence-electron chi connectivity index (χ4n) is 3.33. The van der Waals surface area contributed by atoms with Crippen LogP contribution >= 0.6 is 11.3 Å². The molecular formula is C23H23N5O3S. The van der Waals surface area contributed by atoms with E-state index in [0.717, 1.165) is 11.9 Å². The second-order valence-electron chi connectivity index (χ2n) is 7.33. The third kappa shape index (κ3) is 5.01. The van der Waals surface area contributed by atoms with E-state index in [4.69, 9.17) is 4.74 Å². The first-order valence-electron chi connectivity index (χ1n) is 10.1. The van der Waals surface area contributed by atoms with Crippen LogP contribution in [0.1, 0.15) is 36.3 Å². The zero-order valence-electron chi connectivity index (χ0n) is 17.8. The van der Waals surface area contributed by atoms with Gasteiger partial charge < -0.3 is 20.4 Å². The van der Waals surface area contributed by atoms with Crippen LogP contribution in [-0.2, 0) is 17.8 Å². The average Bonchev–Trinajstić information content (AvgIpc) is 3.42. The van der Waals surface area contributed by atoms with Gasteiger partial charge in [-0.1, -0.05) is 23.0 Å². The van der Waals surface area contributed by atoms with Gasteiger partial charge in [0.2, 0.25) is 5.01 Å². The minimum atomic E-state index is -0.351. The quantitative estimate of drug-likeness (QED) is 0.380. The number of hydrogen-bond donors (Lipinski definition) is 3. The van der Waals surface area contributed by atoms with Gasteiger partial charge in [-0.05, 0) is 55.3 Å². The first-order valence-corrected chi connectivity index (χ1v) is 10.9. The van der Waals surface area contributed by atoms with Gasteiger partial charge in [0, 0.05) is 42.0 Å². The predicted octanol–water partition coefficient (Wildman–Crippen LogP) is 3.70. The number of carbonyl (C=O) groups excluding carboxylic acids is 2. The molecule has 2 aromatic carbocycles. The molecule has 0 bridgehead atoms. The van der Waals surface area contributed by atoms with Crippen molar-refractivity contribution in [2.24, 2.45) is 0 Å². The van der Waals surface area contributed by atoms with Gasteiger partial charge in [0.1, 0.15) is 5.01 Å². The van der Waals surface area contributed by atoms with Crippen molar-refractivity contribution >= 4 is 39.7 Å². The van der Waals surface area contributed by atoms with Crippen LogP contribution in [0.2, 0.25) is 0 Å². The number of aryl methyl sites for hydroxylation is 1. The maximum Gasteiger partial charge on any atom is 0.286 e. The molecule has 0 atom stereocenters. The van der Waals surface area contributed by atoms with Gasteiger partial charge in [-0.3, -0.25) is 9.59 Å². The summed E-state index contributed by atoms with van der Waals surface area (Å²) in [6.45, 7) is 2.91. The highest BCUT2D eigenvalue weighted by atomic mass is 32.1. The molecule has 0 aliphatic rings. The van der Waals surface area contributed by atoms with Crippen LogP contribution in [0.25, 0.3) is 10.9 Å². The summed E-state index contributed by atoms with van der Waals surface area (Å²) in [6.07, 6.45) is 2.72. The number of anilines is 1. The summed E-state index contributed by atoms with van der Waals surface area (Å²) in [5.41, 5.74) is 4.57. The number of hydrogen-bond acceptors (Lipinski definition) is 6. The molecule has 3 N–H and O–H groups in total. The van der Waals surface area contributed by atoms with Crippen LogP contribution < -0.4 is 10.6 Å². The number of aromatic amines is 1. The molecule has 4 rings (SSSR count). The summed E-state index contributed by atoms with van der Waals surface area (Å²) in [4.78, 5) is 28.0. The second-order valence-corrected chi connectivity index (χ2v) is 8.40. The van der Waals surface area contributed by atoms with Crippen molar-refractivity contribution in [3.8, 4) is 0 Å². The van der Waals surface area contributed by atoms with Gasteiger partial charge in [0.25, 0.3) is 11.8 Å². The van der Waals surface area contributed by atoms with Gasteiger partial charge >= 0.3 is 0 Å². The first kappa shape index (κ1) is 21.7. The third-order valence-corrected chi connectivity index (χ3v) is 5.83. The molecule has 0 aliphatic heterocycles. The zero-order valence-corrected chi connectivity index (χ0v) is 18.6. The van der Waals surface area contributed by atoms with Crippen molar-refractivity contribution < 1.29 is 14.3 Å². The highest BCUT2D eigenvalue weighted by molar-refractivity contribution is 7.13. The summed E-state index contributed by atoms with van der Waals surface area (Å²) in [7, 11) is 1.56. The fourth-order valence-corrected chi connectivity index (χ4v) is 4.04. The summed E-state index contributed by atoms with van der Waals surface area (Å²) in [5.74, 6) is -0.511. The minimum Gasteiger partial charge on any atom is -0.377 e.